The van der Waals surface area contributed by atoms with E-state index in [9.17, 15) is 4.79 Å². The Kier molecular flexibility index (Phi) is 4.55. The summed E-state index contributed by atoms with van der Waals surface area (Å²) in [4.78, 5) is 13.8. The number of likely N-dealkylation sites (N-methyl/N-ethyl adjacent to an activating group) is 1. The van der Waals surface area contributed by atoms with Crippen molar-refractivity contribution in [2.24, 2.45) is 5.16 Å². The predicted molar refractivity (Wildman–Crippen MR) is 77.7 cm³/mol. The van der Waals surface area contributed by atoms with Gasteiger partial charge >= 0.3 is 0 Å². The van der Waals surface area contributed by atoms with Gasteiger partial charge in [-0.3, -0.25) is 9.69 Å². The molecule has 102 valence electrons. The van der Waals surface area contributed by atoms with E-state index in [1.54, 1.807) is 0 Å². The quantitative estimate of drug-likeness (QED) is 0.509. The van der Waals surface area contributed by atoms with Crippen LogP contribution in [-0.4, -0.2) is 35.3 Å². The normalized spacial score (nSPS) is 15.5. The van der Waals surface area contributed by atoms with Crippen LogP contribution in [0, 0.1) is 0 Å². The van der Waals surface area contributed by atoms with Crippen LogP contribution in [-0.2, 0) is 17.8 Å². The molecule has 0 bridgehead atoms. The zero-order chi connectivity index (χ0) is 13.8. The summed E-state index contributed by atoms with van der Waals surface area (Å²) in [5.41, 5.74) is 3.15. The van der Waals surface area contributed by atoms with Gasteiger partial charge in [0.05, 0.1) is 0 Å². The lowest BCUT2D eigenvalue weighted by molar-refractivity contribution is -0.110. The van der Waals surface area contributed by atoms with Gasteiger partial charge in [-0.1, -0.05) is 28.0 Å². The van der Waals surface area contributed by atoms with E-state index in [-0.39, 0.29) is 0 Å². The minimum atomic E-state index is -0.430. The van der Waals surface area contributed by atoms with E-state index in [1.165, 1.54) is 5.56 Å². The summed E-state index contributed by atoms with van der Waals surface area (Å²) in [5, 5.41) is 13.9. The minimum absolute atomic E-state index is 0.430. The fraction of sp³-hybridized carbons (Fsp3) is 0.385. The molecule has 0 unspecified atom stereocenters. The largest absolute Gasteiger partial charge is 0.411 e. The number of rotatable bonds is 3. The molecule has 0 aromatic heterocycles. The Bertz CT molecular complexity index is 517. The highest BCUT2D eigenvalue weighted by atomic mass is 79.9. The zero-order valence-corrected chi connectivity index (χ0v) is 12.3. The van der Waals surface area contributed by atoms with E-state index in [4.69, 9.17) is 5.21 Å². The molecule has 1 aliphatic rings. The fourth-order valence-electron chi connectivity index (χ4n) is 2.29. The van der Waals surface area contributed by atoms with Crippen molar-refractivity contribution in [1.29, 1.82) is 0 Å². The summed E-state index contributed by atoms with van der Waals surface area (Å²) >= 11 is 3.56. The molecule has 1 amide bonds. The summed E-state index contributed by atoms with van der Waals surface area (Å²) in [6.45, 7) is 4.95. The van der Waals surface area contributed by atoms with Gasteiger partial charge < -0.3 is 10.5 Å². The first-order valence-corrected chi connectivity index (χ1v) is 6.96. The molecule has 0 spiro atoms. The highest BCUT2D eigenvalue weighted by molar-refractivity contribution is 9.10. The molecule has 0 saturated heterocycles. The van der Waals surface area contributed by atoms with Crippen LogP contribution in [0.15, 0.2) is 21.8 Å². The van der Waals surface area contributed by atoms with Crippen LogP contribution in [0.4, 0.5) is 5.69 Å². The van der Waals surface area contributed by atoms with E-state index >= 15 is 0 Å². The number of oxime groups is 1. The molecule has 1 aliphatic heterocycles. The Labute approximate surface area is 120 Å². The molecule has 0 radical (unpaired) electrons. The van der Waals surface area contributed by atoms with Gasteiger partial charge in [0.1, 0.15) is 6.21 Å². The molecular formula is C13H16BrN3O2. The molecule has 1 heterocycles. The van der Waals surface area contributed by atoms with Gasteiger partial charge in [0, 0.05) is 23.2 Å². The first-order chi connectivity index (χ1) is 9.15. The average Bonchev–Trinajstić information content (AvgIpc) is 2.42. The van der Waals surface area contributed by atoms with E-state index < -0.39 is 5.91 Å². The molecule has 0 atom stereocenters. The van der Waals surface area contributed by atoms with E-state index in [2.05, 4.69) is 38.2 Å². The maximum atomic E-state index is 11.5. The minimum Gasteiger partial charge on any atom is -0.411 e. The van der Waals surface area contributed by atoms with Crippen molar-refractivity contribution in [3.8, 4) is 0 Å². The molecule has 19 heavy (non-hydrogen) atoms. The summed E-state index contributed by atoms with van der Waals surface area (Å²) in [5.74, 6) is -0.430. The smallest absolute Gasteiger partial charge is 0.270 e. The van der Waals surface area contributed by atoms with Crippen molar-refractivity contribution in [3.63, 3.8) is 0 Å². The Hall–Kier alpha value is -1.40. The molecule has 0 aliphatic carbocycles. The van der Waals surface area contributed by atoms with E-state index in [0.717, 1.165) is 48.0 Å². The summed E-state index contributed by atoms with van der Waals surface area (Å²) in [6.07, 6.45) is 1.82. The number of amides is 1. The third-order valence-electron chi connectivity index (χ3n) is 3.31. The Morgan fingerprint density at radius 1 is 1.58 bits per heavy atom. The average molecular weight is 326 g/mol. The maximum Gasteiger partial charge on any atom is 0.270 e. The van der Waals surface area contributed by atoms with Crippen LogP contribution >= 0.6 is 15.9 Å². The summed E-state index contributed by atoms with van der Waals surface area (Å²) < 4.78 is 1.08. The Morgan fingerprint density at radius 3 is 3.05 bits per heavy atom. The van der Waals surface area contributed by atoms with E-state index in [1.807, 2.05) is 12.1 Å². The number of carbonyl (C=O) groups excluding carboxylic acids is 1. The van der Waals surface area contributed by atoms with Crippen LogP contribution in [0.3, 0.4) is 0 Å². The maximum absolute atomic E-state index is 11.5. The van der Waals surface area contributed by atoms with Crippen molar-refractivity contribution < 1.29 is 10.0 Å². The first kappa shape index (κ1) is 14.0. The SMILES string of the molecule is CCN1CCc2c(Br)ccc(NC(=O)/C=N\O)c2C1. The molecule has 1 aromatic rings. The van der Waals surface area contributed by atoms with Crippen molar-refractivity contribution >= 4 is 33.7 Å². The van der Waals surface area contributed by atoms with Crippen LogP contribution in [0.5, 0.6) is 0 Å². The molecule has 2 rings (SSSR count). The number of halogens is 1. The molecule has 1 aromatic carbocycles. The third kappa shape index (κ3) is 3.13. The van der Waals surface area contributed by atoms with Gasteiger partial charge in [-0.15, -0.1) is 0 Å². The molecule has 2 N–H and O–H groups in total. The van der Waals surface area contributed by atoms with Crippen LogP contribution in [0.25, 0.3) is 0 Å². The lowest BCUT2D eigenvalue weighted by Gasteiger charge is -2.29. The molecule has 0 saturated carbocycles. The fourth-order valence-corrected chi connectivity index (χ4v) is 2.86. The Morgan fingerprint density at radius 2 is 2.37 bits per heavy atom. The third-order valence-corrected chi connectivity index (χ3v) is 4.06. The number of nitrogens with zero attached hydrogens (tertiary/aromatic N) is 2. The van der Waals surface area contributed by atoms with Crippen molar-refractivity contribution in [1.82, 2.24) is 4.90 Å². The predicted octanol–water partition coefficient (Wildman–Crippen LogP) is 2.23. The van der Waals surface area contributed by atoms with Crippen LogP contribution in [0.1, 0.15) is 18.1 Å². The second-order valence-electron chi connectivity index (χ2n) is 4.40. The number of fused-ring (bicyclic) bond motifs is 1. The lowest BCUT2D eigenvalue weighted by Crippen LogP contribution is -2.31. The van der Waals surface area contributed by atoms with Crippen molar-refractivity contribution in [2.75, 3.05) is 18.4 Å². The highest BCUT2D eigenvalue weighted by Crippen LogP contribution is 2.32. The number of benzene rings is 1. The second-order valence-corrected chi connectivity index (χ2v) is 5.26. The number of anilines is 1. The molecule has 5 nitrogen and oxygen atoms in total. The second kappa shape index (κ2) is 6.16. The molecular weight excluding hydrogens is 310 g/mol. The van der Waals surface area contributed by atoms with Crippen LogP contribution < -0.4 is 5.32 Å². The standard InChI is InChI=1S/C13H16BrN3O2/c1-2-17-6-5-9-10(8-17)12(4-3-11(9)14)16-13(18)7-15-19/h3-4,7,19H,2,5-6,8H2,1H3,(H,16,18)/b15-7-. The lowest BCUT2D eigenvalue weighted by atomic mass is 9.98. The number of hydrogen-bond donors (Lipinski definition) is 2. The van der Waals surface area contributed by atoms with Gasteiger partial charge in [-0.05, 0) is 36.2 Å². The van der Waals surface area contributed by atoms with Gasteiger partial charge in [0.2, 0.25) is 0 Å². The van der Waals surface area contributed by atoms with Gasteiger partial charge in [0.25, 0.3) is 5.91 Å². The Balaban J connectivity index is 2.32. The first-order valence-electron chi connectivity index (χ1n) is 6.16. The van der Waals surface area contributed by atoms with Crippen molar-refractivity contribution in [3.05, 3.63) is 27.7 Å². The van der Waals surface area contributed by atoms with Gasteiger partial charge in [-0.25, -0.2) is 0 Å². The molecule has 0 fully saturated rings. The van der Waals surface area contributed by atoms with Crippen molar-refractivity contribution in [2.45, 2.75) is 19.9 Å². The number of hydrogen-bond acceptors (Lipinski definition) is 4. The highest BCUT2D eigenvalue weighted by Gasteiger charge is 2.20. The molecule has 6 heteroatoms. The zero-order valence-electron chi connectivity index (χ0n) is 10.7. The number of nitrogens with one attached hydrogen (secondary N) is 1. The van der Waals surface area contributed by atoms with Gasteiger partial charge in [0.15, 0.2) is 0 Å². The number of carbonyl (C=O) groups is 1. The monoisotopic (exact) mass is 325 g/mol. The summed E-state index contributed by atoms with van der Waals surface area (Å²) in [7, 11) is 0. The topological polar surface area (TPSA) is 64.9 Å². The van der Waals surface area contributed by atoms with Crippen LogP contribution in [0.2, 0.25) is 0 Å². The van der Waals surface area contributed by atoms with E-state index in [0.29, 0.717) is 0 Å². The van der Waals surface area contributed by atoms with Gasteiger partial charge in [-0.2, -0.15) is 0 Å². The summed E-state index contributed by atoms with van der Waals surface area (Å²) in [6, 6.07) is 3.80.